The fourth-order valence-electron chi connectivity index (χ4n) is 2.00. The third-order valence-corrected chi connectivity index (χ3v) is 3.00. The molecule has 0 aliphatic carbocycles. The van der Waals surface area contributed by atoms with Crippen molar-refractivity contribution in [1.82, 2.24) is 5.32 Å². The molecule has 0 radical (unpaired) electrons. The molecule has 0 bridgehead atoms. The third-order valence-electron chi connectivity index (χ3n) is 3.00. The highest BCUT2D eigenvalue weighted by Gasteiger charge is 2.14. The summed E-state index contributed by atoms with van der Waals surface area (Å²) >= 11 is 0. The Morgan fingerprint density at radius 1 is 1.47 bits per heavy atom. The van der Waals surface area contributed by atoms with Gasteiger partial charge in [0.25, 0.3) is 0 Å². The molecule has 1 aliphatic heterocycles. The summed E-state index contributed by atoms with van der Waals surface area (Å²) in [6.07, 6.45) is 1.16. The summed E-state index contributed by atoms with van der Waals surface area (Å²) in [5, 5.41) is 3.29. The van der Waals surface area contributed by atoms with E-state index >= 15 is 0 Å². The Labute approximate surface area is 101 Å². The van der Waals surface area contributed by atoms with Crippen LogP contribution in [0.5, 0.6) is 5.75 Å². The van der Waals surface area contributed by atoms with Gasteiger partial charge in [-0.3, -0.25) is 0 Å². The lowest BCUT2D eigenvalue weighted by molar-refractivity contribution is 0.0922. The van der Waals surface area contributed by atoms with Crippen LogP contribution in [0.4, 0.5) is 4.39 Å². The van der Waals surface area contributed by atoms with Crippen LogP contribution in [0, 0.1) is 11.7 Å². The van der Waals surface area contributed by atoms with E-state index in [1.54, 1.807) is 6.07 Å². The van der Waals surface area contributed by atoms with Crippen LogP contribution < -0.4 is 10.1 Å². The van der Waals surface area contributed by atoms with E-state index in [1.807, 2.05) is 6.07 Å². The van der Waals surface area contributed by atoms with Gasteiger partial charge < -0.3 is 14.8 Å². The van der Waals surface area contributed by atoms with Crippen molar-refractivity contribution in [2.45, 2.75) is 13.0 Å². The Hall–Kier alpha value is -1.13. The molecule has 0 spiro atoms. The van der Waals surface area contributed by atoms with E-state index in [1.165, 1.54) is 13.2 Å². The first-order valence-electron chi connectivity index (χ1n) is 5.90. The maximum Gasteiger partial charge on any atom is 0.165 e. The van der Waals surface area contributed by atoms with Crippen LogP contribution in [0.3, 0.4) is 0 Å². The summed E-state index contributed by atoms with van der Waals surface area (Å²) in [6.45, 7) is 3.29. The topological polar surface area (TPSA) is 30.5 Å². The molecule has 1 atom stereocenters. The lowest BCUT2D eigenvalue weighted by Gasteiger charge is -2.10. The van der Waals surface area contributed by atoms with Gasteiger partial charge in [-0.1, -0.05) is 6.07 Å². The molecule has 0 aromatic heterocycles. The van der Waals surface area contributed by atoms with Gasteiger partial charge in [0, 0.05) is 6.54 Å². The molecule has 4 heteroatoms. The fourth-order valence-corrected chi connectivity index (χ4v) is 2.00. The number of benzene rings is 1. The van der Waals surface area contributed by atoms with E-state index in [0.717, 1.165) is 31.7 Å². The van der Waals surface area contributed by atoms with E-state index < -0.39 is 0 Å². The summed E-state index contributed by atoms with van der Waals surface area (Å²) in [5.74, 6) is 0.531. The van der Waals surface area contributed by atoms with Gasteiger partial charge in [-0.15, -0.1) is 0 Å². The minimum Gasteiger partial charge on any atom is -0.494 e. The largest absolute Gasteiger partial charge is 0.494 e. The van der Waals surface area contributed by atoms with Gasteiger partial charge in [-0.2, -0.15) is 0 Å². The predicted molar refractivity (Wildman–Crippen MR) is 63.6 cm³/mol. The zero-order valence-electron chi connectivity index (χ0n) is 10.0. The molecule has 1 aliphatic rings. The highest BCUT2D eigenvalue weighted by atomic mass is 19.1. The Kier molecular flexibility index (Phi) is 4.34. The molecule has 1 heterocycles. The average molecular weight is 239 g/mol. The van der Waals surface area contributed by atoms with Gasteiger partial charge in [0.1, 0.15) is 0 Å². The summed E-state index contributed by atoms with van der Waals surface area (Å²) in [6, 6.07) is 4.92. The quantitative estimate of drug-likeness (QED) is 0.852. The lowest BCUT2D eigenvalue weighted by atomic mass is 10.1. The summed E-state index contributed by atoms with van der Waals surface area (Å²) in [4.78, 5) is 0. The van der Waals surface area contributed by atoms with Crippen molar-refractivity contribution in [2.24, 2.45) is 5.92 Å². The summed E-state index contributed by atoms with van der Waals surface area (Å²) < 4.78 is 23.8. The van der Waals surface area contributed by atoms with Crippen molar-refractivity contribution in [2.75, 3.05) is 26.8 Å². The zero-order valence-corrected chi connectivity index (χ0v) is 10.0. The Morgan fingerprint density at radius 3 is 3.00 bits per heavy atom. The van der Waals surface area contributed by atoms with Crippen LogP contribution in [-0.2, 0) is 11.3 Å². The van der Waals surface area contributed by atoms with Crippen LogP contribution in [0.25, 0.3) is 0 Å². The minimum atomic E-state index is -0.337. The Morgan fingerprint density at radius 2 is 2.35 bits per heavy atom. The van der Waals surface area contributed by atoms with Gasteiger partial charge in [-0.25, -0.2) is 4.39 Å². The monoisotopic (exact) mass is 239 g/mol. The lowest BCUT2D eigenvalue weighted by Crippen LogP contribution is -2.13. The maximum atomic E-state index is 13.4. The SMILES string of the molecule is COc1ccc(COCC2CCNC2)cc1F. The van der Waals surface area contributed by atoms with E-state index in [-0.39, 0.29) is 11.6 Å². The predicted octanol–water partition coefficient (Wildman–Crippen LogP) is 1.96. The third kappa shape index (κ3) is 3.41. The standard InChI is InChI=1S/C13H18FNO2/c1-16-13-3-2-10(6-12(13)14)8-17-9-11-4-5-15-7-11/h2-3,6,11,15H,4-5,7-9H2,1H3. The highest BCUT2D eigenvalue weighted by molar-refractivity contribution is 5.28. The van der Waals surface area contributed by atoms with Crippen molar-refractivity contribution in [3.8, 4) is 5.75 Å². The van der Waals surface area contributed by atoms with E-state index in [9.17, 15) is 4.39 Å². The molecule has 1 N–H and O–H groups in total. The second kappa shape index (κ2) is 5.98. The second-order valence-corrected chi connectivity index (χ2v) is 4.34. The molecule has 0 saturated carbocycles. The van der Waals surface area contributed by atoms with Crippen LogP contribution >= 0.6 is 0 Å². The number of hydrogen-bond acceptors (Lipinski definition) is 3. The number of hydrogen-bond donors (Lipinski definition) is 1. The molecular weight excluding hydrogens is 221 g/mol. The first kappa shape index (κ1) is 12.3. The smallest absolute Gasteiger partial charge is 0.165 e. The van der Waals surface area contributed by atoms with E-state index in [0.29, 0.717) is 12.5 Å². The normalized spacial score (nSPS) is 19.5. The van der Waals surface area contributed by atoms with Crippen molar-refractivity contribution < 1.29 is 13.9 Å². The molecule has 1 unspecified atom stereocenters. The molecule has 0 amide bonds. The zero-order chi connectivity index (χ0) is 12.1. The summed E-state index contributed by atoms with van der Waals surface area (Å²) in [7, 11) is 1.46. The summed E-state index contributed by atoms with van der Waals surface area (Å²) in [5.41, 5.74) is 0.842. The van der Waals surface area contributed by atoms with Gasteiger partial charge >= 0.3 is 0 Å². The van der Waals surface area contributed by atoms with E-state index in [2.05, 4.69) is 5.32 Å². The van der Waals surface area contributed by atoms with Crippen molar-refractivity contribution in [1.29, 1.82) is 0 Å². The second-order valence-electron chi connectivity index (χ2n) is 4.34. The minimum absolute atomic E-state index is 0.272. The molecule has 17 heavy (non-hydrogen) atoms. The number of halogens is 1. The van der Waals surface area contributed by atoms with Crippen LogP contribution in [-0.4, -0.2) is 26.8 Å². The highest BCUT2D eigenvalue weighted by Crippen LogP contribution is 2.18. The first-order valence-corrected chi connectivity index (χ1v) is 5.90. The van der Waals surface area contributed by atoms with Gasteiger partial charge in [0.2, 0.25) is 0 Å². The van der Waals surface area contributed by atoms with Crippen molar-refractivity contribution >= 4 is 0 Å². The number of methoxy groups -OCH3 is 1. The molecular formula is C13H18FNO2. The number of ether oxygens (including phenoxy) is 2. The molecule has 1 aromatic rings. The van der Waals surface area contributed by atoms with Gasteiger partial charge in [-0.05, 0) is 36.6 Å². The van der Waals surface area contributed by atoms with Crippen molar-refractivity contribution in [3.63, 3.8) is 0 Å². The maximum absolute atomic E-state index is 13.4. The molecule has 2 rings (SSSR count). The van der Waals surface area contributed by atoms with Crippen molar-refractivity contribution in [3.05, 3.63) is 29.6 Å². The van der Waals surface area contributed by atoms with Gasteiger partial charge in [0.15, 0.2) is 11.6 Å². The van der Waals surface area contributed by atoms with Crippen LogP contribution in [0.1, 0.15) is 12.0 Å². The fraction of sp³-hybridized carbons (Fsp3) is 0.538. The van der Waals surface area contributed by atoms with E-state index in [4.69, 9.17) is 9.47 Å². The molecule has 1 aromatic carbocycles. The average Bonchev–Trinajstić information content (AvgIpc) is 2.82. The molecule has 1 saturated heterocycles. The van der Waals surface area contributed by atoms with Gasteiger partial charge in [0.05, 0.1) is 20.3 Å². The first-order chi connectivity index (χ1) is 8.29. The van der Waals surface area contributed by atoms with Crippen LogP contribution in [0.2, 0.25) is 0 Å². The Balaban J connectivity index is 1.80. The number of nitrogens with one attached hydrogen (secondary N) is 1. The Bertz CT molecular complexity index is 364. The van der Waals surface area contributed by atoms with Crippen LogP contribution in [0.15, 0.2) is 18.2 Å². The number of rotatable bonds is 5. The molecule has 1 fully saturated rings. The molecule has 94 valence electrons. The molecule has 3 nitrogen and oxygen atoms in total.